The quantitative estimate of drug-likeness (QED) is 0.345. The summed E-state index contributed by atoms with van der Waals surface area (Å²) in [6.45, 7) is 2.09. The van der Waals surface area contributed by atoms with Crippen LogP contribution < -0.4 is 15.1 Å². The molecule has 190 valence electrons. The van der Waals surface area contributed by atoms with Crippen molar-refractivity contribution in [2.24, 2.45) is 0 Å². The number of para-hydroxylation sites is 1. The summed E-state index contributed by atoms with van der Waals surface area (Å²) in [5.74, 6) is -1.93. The van der Waals surface area contributed by atoms with Crippen LogP contribution in [-0.2, 0) is 16.2 Å². The van der Waals surface area contributed by atoms with Gasteiger partial charge in [-0.2, -0.15) is 24.9 Å². The van der Waals surface area contributed by atoms with Crippen molar-refractivity contribution in [3.05, 3.63) is 65.9 Å². The Labute approximate surface area is 209 Å². The SMILES string of the molecule is Cc1cc(COc2ccc(N(C(=O)C(F)(F)F)C3(CC(=O)NO)CCSC3)cc2)c2ccccc2n1. The Morgan fingerprint density at radius 3 is 2.56 bits per heavy atom. The summed E-state index contributed by atoms with van der Waals surface area (Å²) in [7, 11) is 0. The number of carbonyl (C=O) groups excluding carboxylic acids is 2. The maximum Gasteiger partial charge on any atom is 0.471 e. The topological polar surface area (TPSA) is 91.8 Å². The van der Waals surface area contributed by atoms with Crippen LogP contribution in [0.3, 0.4) is 0 Å². The lowest BCUT2D eigenvalue weighted by molar-refractivity contribution is -0.171. The van der Waals surface area contributed by atoms with Gasteiger partial charge < -0.3 is 4.74 Å². The second-order valence-corrected chi connectivity index (χ2v) is 9.70. The fraction of sp³-hybridized carbons (Fsp3) is 0.320. The van der Waals surface area contributed by atoms with Gasteiger partial charge in [0.15, 0.2) is 0 Å². The number of rotatable bonds is 7. The lowest BCUT2D eigenvalue weighted by Gasteiger charge is -2.40. The van der Waals surface area contributed by atoms with E-state index < -0.39 is 30.0 Å². The molecular weight excluding hydrogens is 495 g/mol. The summed E-state index contributed by atoms with van der Waals surface area (Å²) in [5.41, 5.74) is 2.60. The van der Waals surface area contributed by atoms with Gasteiger partial charge in [0.25, 0.3) is 0 Å². The molecule has 0 radical (unpaired) electrons. The Morgan fingerprint density at radius 1 is 1.19 bits per heavy atom. The summed E-state index contributed by atoms with van der Waals surface area (Å²) in [6, 6.07) is 15.3. The van der Waals surface area contributed by atoms with Crippen LogP contribution in [0.1, 0.15) is 24.1 Å². The first-order valence-electron chi connectivity index (χ1n) is 11.1. The van der Waals surface area contributed by atoms with Gasteiger partial charge in [-0.3, -0.25) is 24.7 Å². The molecule has 1 aliphatic rings. The van der Waals surface area contributed by atoms with Gasteiger partial charge in [0, 0.05) is 28.1 Å². The number of hydrogen-bond acceptors (Lipinski definition) is 6. The maximum atomic E-state index is 13.6. The van der Waals surface area contributed by atoms with Crippen LogP contribution in [0.4, 0.5) is 18.9 Å². The number of benzene rings is 2. The monoisotopic (exact) mass is 519 g/mol. The second-order valence-electron chi connectivity index (χ2n) is 8.60. The van der Waals surface area contributed by atoms with Crippen molar-refractivity contribution < 1.29 is 32.7 Å². The van der Waals surface area contributed by atoms with E-state index in [1.54, 1.807) is 0 Å². The van der Waals surface area contributed by atoms with Crippen LogP contribution in [0.15, 0.2) is 54.6 Å². The van der Waals surface area contributed by atoms with Crippen molar-refractivity contribution in [1.82, 2.24) is 10.5 Å². The molecule has 0 aliphatic carbocycles. The molecule has 1 fully saturated rings. The molecule has 2 heterocycles. The summed E-state index contributed by atoms with van der Waals surface area (Å²) in [6.07, 6.45) is -5.45. The summed E-state index contributed by atoms with van der Waals surface area (Å²) < 4.78 is 46.7. The third-order valence-corrected chi connectivity index (χ3v) is 7.27. The number of pyridine rings is 1. The van der Waals surface area contributed by atoms with Gasteiger partial charge in [0.2, 0.25) is 5.91 Å². The lowest BCUT2D eigenvalue weighted by atomic mass is 9.90. The highest BCUT2D eigenvalue weighted by molar-refractivity contribution is 7.99. The standard InChI is InChI=1S/C25H24F3N3O4S/c1-16-12-17(20-4-2-3-5-21(20)29-16)14-35-19-8-6-18(7-9-19)31(23(33)25(26,27)28)24(10-11-36-15-24)13-22(32)30-34/h2-9,12,34H,10-11,13-15H2,1H3,(H,30,32). The number of halogens is 3. The van der Waals surface area contributed by atoms with Gasteiger partial charge in [-0.15, -0.1) is 0 Å². The molecule has 2 N–H and O–H groups in total. The van der Waals surface area contributed by atoms with Crippen LogP contribution in [0.2, 0.25) is 0 Å². The Bertz CT molecular complexity index is 1260. The van der Waals surface area contributed by atoms with E-state index in [2.05, 4.69) is 4.98 Å². The molecule has 1 atom stereocenters. The number of alkyl halides is 3. The number of hydrogen-bond donors (Lipinski definition) is 2. The molecule has 0 saturated carbocycles. The zero-order chi connectivity index (χ0) is 25.9. The zero-order valence-electron chi connectivity index (χ0n) is 19.3. The molecule has 1 saturated heterocycles. The fourth-order valence-corrected chi connectivity index (χ4v) is 5.85. The Hall–Kier alpha value is -3.31. The third-order valence-electron chi connectivity index (χ3n) is 6.04. The smallest absolute Gasteiger partial charge is 0.471 e. The predicted molar refractivity (Wildman–Crippen MR) is 130 cm³/mol. The van der Waals surface area contributed by atoms with Crippen LogP contribution >= 0.6 is 11.8 Å². The van der Waals surface area contributed by atoms with Gasteiger partial charge in [-0.25, -0.2) is 5.48 Å². The van der Waals surface area contributed by atoms with E-state index >= 15 is 0 Å². The number of anilines is 1. The van der Waals surface area contributed by atoms with Gasteiger partial charge in [0.1, 0.15) is 12.4 Å². The van der Waals surface area contributed by atoms with Crippen LogP contribution in [-0.4, -0.2) is 45.2 Å². The average molecular weight is 520 g/mol. The molecule has 11 heteroatoms. The van der Waals surface area contributed by atoms with Crippen molar-refractivity contribution in [2.75, 3.05) is 16.4 Å². The first-order chi connectivity index (χ1) is 17.1. The molecule has 1 aliphatic heterocycles. The number of nitrogens with one attached hydrogen (secondary N) is 1. The van der Waals surface area contributed by atoms with E-state index in [0.29, 0.717) is 16.4 Å². The largest absolute Gasteiger partial charge is 0.489 e. The van der Waals surface area contributed by atoms with E-state index in [1.165, 1.54) is 41.5 Å². The van der Waals surface area contributed by atoms with Crippen molar-refractivity contribution in [3.8, 4) is 5.75 Å². The number of aromatic nitrogens is 1. The first kappa shape index (κ1) is 25.8. The predicted octanol–water partition coefficient (Wildman–Crippen LogP) is 4.79. The van der Waals surface area contributed by atoms with E-state index in [1.807, 2.05) is 37.3 Å². The molecule has 36 heavy (non-hydrogen) atoms. The highest BCUT2D eigenvalue weighted by atomic mass is 32.2. The van der Waals surface area contributed by atoms with Crippen molar-refractivity contribution in [1.29, 1.82) is 0 Å². The van der Waals surface area contributed by atoms with Crippen molar-refractivity contribution in [2.45, 2.75) is 38.1 Å². The van der Waals surface area contributed by atoms with E-state index in [9.17, 15) is 22.8 Å². The van der Waals surface area contributed by atoms with Crippen molar-refractivity contribution in [3.63, 3.8) is 0 Å². The maximum absolute atomic E-state index is 13.6. The number of carbonyl (C=O) groups is 2. The molecule has 2 aromatic carbocycles. The minimum absolute atomic E-state index is 0.0110. The molecule has 7 nitrogen and oxygen atoms in total. The summed E-state index contributed by atoms with van der Waals surface area (Å²) in [4.78, 5) is 29.6. The number of fused-ring (bicyclic) bond motifs is 1. The normalized spacial score (nSPS) is 17.7. The molecular formula is C25H24F3N3O4S. The highest BCUT2D eigenvalue weighted by Gasteiger charge is 2.52. The minimum atomic E-state index is -5.15. The van der Waals surface area contributed by atoms with Gasteiger partial charge in [-0.1, -0.05) is 18.2 Å². The molecule has 4 rings (SSSR count). The molecule has 1 unspecified atom stereocenters. The lowest BCUT2D eigenvalue weighted by Crippen LogP contribution is -2.58. The van der Waals surface area contributed by atoms with E-state index in [4.69, 9.17) is 9.94 Å². The number of ether oxygens (including phenoxy) is 1. The Kier molecular flexibility index (Phi) is 7.41. The highest BCUT2D eigenvalue weighted by Crippen LogP contribution is 2.41. The first-order valence-corrected chi connectivity index (χ1v) is 12.3. The fourth-order valence-electron chi connectivity index (χ4n) is 4.43. The average Bonchev–Trinajstić information content (AvgIpc) is 3.31. The molecule has 2 amide bonds. The molecule has 1 aromatic heterocycles. The minimum Gasteiger partial charge on any atom is -0.489 e. The number of amides is 2. The van der Waals surface area contributed by atoms with E-state index in [0.717, 1.165) is 22.2 Å². The van der Waals surface area contributed by atoms with E-state index in [-0.39, 0.29) is 24.5 Å². The molecule has 0 spiro atoms. The van der Waals surface area contributed by atoms with Crippen LogP contribution in [0.25, 0.3) is 10.9 Å². The number of nitrogens with zero attached hydrogens (tertiary/aromatic N) is 2. The van der Waals surface area contributed by atoms with Gasteiger partial charge in [0.05, 0.1) is 17.5 Å². The Morgan fingerprint density at radius 2 is 1.92 bits per heavy atom. The van der Waals surface area contributed by atoms with Gasteiger partial charge >= 0.3 is 12.1 Å². The van der Waals surface area contributed by atoms with Crippen molar-refractivity contribution >= 4 is 40.2 Å². The third kappa shape index (κ3) is 5.41. The Balaban J connectivity index is 1.61. The molecule has 0 bridgehead atoms. The number of aryl methyl sites for hydroxylation is 1. The molecule has 3 aromatic rings. The van der Waals surface area contributed by atoms with Crippen LogP contribution in [0.5, 0.6) is 5.75 Å². The zero-order valence-corrected chi connectivity index (χ0v) is 20.2. The summed E-state index contributed by atoms with van der Waals surface area (Å²) >= 11 is 1.34. The van der Waals surface area contributed by atoms with Crippen LogP contribution in [0, 0.1) is 6.92 Å². The van der Waals surface area contributed by atoms with Gasteiger partial charge in [-0.05, 0) is 55.5 Å². The second kappa shape index (κ2) is 10.4. The number of hydroxylamine groups is 1. The number of thioether (sulfide) groups is 1. The summed E-state index contributed by atoms with van der Waals surface area (Å²) in [5, 5.41) is 9.92.